The summed E-state index contributed by atoms with van der Waals surface area (Å²) >= 11 is 0. The van der Waals surface area contributed by atoms with E-state index in [-0.39, 0.29) is 5.91 Å². The molecule has 7 nitrogen and oxygen atoms in total. The molecule has 0 fully saturated rings. The third-order valence-electron chi connectivity index (χ3n) is 3.90. The molecule has 0 aliphatic carbocycles. The number of anilines is 1. The first-order valence-electron chi connectivity index (χ1n) is 8.71. The molecule has 3 aromatic rings. The van der Waals surface area contributed by atoms with Crippen molar-refractivity contribution in [3.8, 4) is 0 Å². The maximum atomic E-state index is 12.2. The Morgan fingerprint density at radius 2 is 1.36 bits per heavy atom. The molecule has 0 aliphatic rings. The van der Waals surface area contributed by atoms with Crippen LogP contribution in [0.5, 0.6) is 0 Å². The smallest absolute Gasteiger partial charge is 0.271 e. The van der Waals surface area contributed by atoms with Crippen molar-refractivity contribution in [2.75, 3.05) is 5.43 Å². The number of nitrogens with one attached hydrogen (secondary N) is 2. The standard InChI is InChI=1S/C21H20N6O/c1-15(19-7-3-5-13-22-19)24-26-18-11-9-17(10-12-18)21(28)27-25-16(2)20-8-4-6-14-23-20/h3-14,26H,1-2H3,(H,27,28). The number of hydrogen-bond donors (Lipinski definition) is 2. The van der Waals surface area contributed by atoms with Crippen molar-refractivity contribution in [1.29, 1.82) is 0 Å². The summed E-state index contributed by atoms with van der Waals surface area (Å²) in [5.41, 5.74) is 9.67. The highest BCUT2D eigenvalue weighted by molar-refractivity contribution is 6.00. The molecule has 1 aromatic carbocycles. The third kappa shape index (κ3) is 5.07. The van der Waals surface area contributed by atoms with E-state index < -0.39 is 0 Å². The fourth-order valence-corrected chi connectivity index (χ4v) is 2.31. The normalized spacial score (nSPS) is 11.8. The van der Waals surface area contributed by atoms with E-state index in [4.69, 9.17) is 0 Å². The maximum absolute atomic E-state index is 12.2. The first-order chi connectivity index (χ1) is 13.6. The molecule has 0 radical (unpaired) electrons. The SMILES string of the molecule is CC(=NNC(=O)c1ccc(NN=C(C)c2ccccn2)cc1)c1ccccn1. The van der Waals surface area contributed by atoms with Crippen molar-refractivity contribution < 1.29 is 4.79 Å². The summed E-state index contributed by atoms with van der Waals surface area (Å²) in [6, 6.07) is 18.1. The highest BCUT2D eigenvalue weighted by Crippen LogP contribution is 2.10. The molecule has 7 heteroatoms. The lowest BCUT2D eigenvalue weighted by Gasteiger charge is -2.05. The minimum absolute atomic E-state index is 0.296. The fraction of sp³-hybridized carbons (Fsp3) is 0.0952. The van der Waals surface area contributed by atoms with Gasteiger partial charge in [0.25, 0.3) is 5.91 Å². The number of hydrogen-bond acceptors (Lipinski definition) is 6. The molecule has 0 saturated heterocycles. The van der Waals surface area contributed by atoms with Gasteiger partial charge < -0.3 is 0 Å². The topological polar surface area (TPSA) is 91.6 Å². The Bertz CT molecular complexity index is 982. The largest absolute Gasteiger partial charge is 0.278 e. The Labute approximate surface area is 163 Å². The number of carbonyl (C=O) groups excluding carboxylic acids is 1. The quantitative estimate of drug-likeness (QED) is 0.512. The van der Waals surface area contributed by atoms with Crippen LogP contribution < -0.4 is 10.9 Å². The van der Waals surface area contributed by atoms with Gasteiger partial charge in [0, 0.05) is 18.0 Å². The van der Waals surface area contributed by atoms with Crippen LogP contribution in [-0.2, 0) is 0 Å². The van der Waals surface area contributed by atoms with Gasteiger partial charge in [0.15, 0.2) is 0 Å². The van der Waals surface area contributed by atoms with Crippen molar-refractivity contribution in [3.05, 3.63) is 90.0 Å². The molecule has 2 aromatic heterocycles. The number of benzene rings is 1. The molecule has 1 amide bonds. The first-order valence-corrected chi connectivity index (χ1v) is 8.71. The molecule has 3 rings (SSSR count). The van der Waals surface area contributed by atoms with E-state index in [1.807, 2.05) is 43.3 Å². The number of amides is 1. The Kier molecular flexibility index (Phi) is 6.20. The summed E-state index contributed by atoms with van der Waals surface area (Å²) < 4.78 is 0. The van der Waals surface area contributed by atoms with Crippen molar-refractivity contribution in [1.82, 2.24) is 15.4 Å². The number of rotatable bonds is 6. The predicted molar refractivity (Wildman–Crippen MR) is 110 cm³/mol. The van der Waals surface area contributed by atoms with E-state index in [1.165, 1.54) is 0 Å². The highest BCUT2D eigenvalue weighted by atomic mass is 16.2. The Morgan fingerprint density at radius 3 is 1.89 bits per heavy atom. The highest BCUT2D eigenvalue weighted by Gasteiger charge is 2.05. The molecule has 0 aliphatic heterocycles. The third-order valence-corrected chi connectivity index (χ3v) is 3.90. The van der Waals surface area contributed by atoms with Gasteiger partial charge in [-0.15, -0.1) is 0 Å². The summed E-state index contributed by atoms with van der Waals surface area (Å²) in [5.74, 6) is -0.296. The molecular formula is C21H20N6O. The second kappa shape index (κ2) is 9.18. The summed E-state index contributed by atoms with van der Waals surface area (Å²) in [6.45, 7) is 3.66. The average Bonchev–Trinajstić information content (AvgIpc) is 2.77. The molecule has 140 valence electrons. The van der Waals surface area contributed by atoms with E-state index in [0.717, 1.165) is 17.1 Å². The number of aromatic nitrogens is 2. The lowest BCUT2D eigenvalue weighted by atomic mass is 10.2. The minimum Gasteiger partial charge on any atom is -0.278 e. The number of nitrogens with zero attached hydrogens (tertiary/aromatic N) is 4. The van der Waals surface area contributed by atoms with Gasteiger partial charge in [0.2, 0.25) is 0 Å². The van der Waals surface area contributed by atoms with E-state index >= 15 is 0 Å². The zero-order chi connectivity index (χ0) is 19.8. The summed E-state index contributed by atoms with van der Waals surface area (Å²) in [7, 11) is 0. The molecule has 0 spiro atoms. The molecule has 0 atom stereocenters. The van der Waals surface area contributed by atoms with Gasteiger partial charge in [0.1, 0.15) is 0 Å². The van der Waals surface area contributed by atoms with Gasteiger partial charge in [-0.1, -0.05) is 12.1 Å². The van der Waals surface area contributed by atoms with Crippen LogP contribution in [0.1, 0.15) is 35.6 Å². The molecule has 28 heavy (non-hydrogen) atoms. The van der Waals surface area contributed by atoms with E-state index in [1.54, 1.807) is 43.6 Å². The van der Waals surface area contributed by atoms with Crippen LogP contribution in [0.25, 0.3) is 0 Å². The molecular weight excluding hydrogens is 352 g/mol. The monoisotopic (exact) mass is 372 g/mol. The van der Waals surface area contributed by atoms with E-state index in [2.05, 4.69) is 31.0 Å². The summed E-state index contributed by atoms with van der Waals surface area (Å²) in [4.78, 5) is 20.7. The van der Waals surface area contributed by atoms with Crippen LogP contribution >= 0.6 is 0 Å². The van der Waals surface area contributed by atoms with Crippen LogP contribution in [0.2, 0.25) is 0 Å². The van der Waals surface area contributed by atoms with Gasteiger partial charge in [-0.3, -0.25) is 20.2 Å². The van der Waals surface area contributed by atoms with Crippen molar-refractivity contribution in [2.24, 2.45) is 10.2 Å². The Hall–Kier alpha value is -3.87. The number of pyridine rings is 2. The maximum Gasteiger partial charge on any atom is 0.271 e. The fourth-order valence-electron chi connectivity index (χ4n) is 2.31. The zero-order valence-corrected chi connectivity index (χ0v) is 15.6. The summed E-state index contributed by atoms with van der Waals surface area (Å²) in [6.07, 6.45) is 3.40. The Morgan fingerprint density at radius 1 is 0.786 bits per heavy atom. The van der Waals surface area contributed by atoms with Gasteiger partial charge in [-0.25, -0.2) is 5.43 Å². The molecule has 2 heterocycles. The van der Waals surface area contributed by atoms with Gasteiger partial charge in [0.05, 0.1) is 28.5 Å². The van der Waals surface area contributed by atoms with Gasteiger partial charge in [-0.2, -0.15) is 10.2 Å². The zero-order valence-electron chi connectivity index (χ0n) is 15.6. The number of hydrazone groups is 2. The van der Waals surface area contributed by atoms with E-state index in [9.17, 15) is 4.79 Å². The van der Waals surface area contributed by atoms with Crippen molar-refractivity contribution in [3.63, 3.8) is 0 Å². The average molecular weight is 372 g/mol. The predicted octanol–water partition coefficient (Wildman–Crippen LogP) is 3.47. The van der Waals surface area contributed by atoms with Crippen LogP contribution in [0, 0.1) is 0 Å². The lowest BCUT2D eigenvalue weighted by molar-refractivity contribution is 0.0955. The van der Waals surface area contributed by atoms with Gasteiger partial charge in [-0.05, 0) is 62.4 Å². The van der Waals surface area contributed by atoms with Crippen LogP contribution in [-0.4, -0.2) is 27.3 Å². The lowest BCUT2D eigenvalue weighted by Crippen LogP contribution is -2.19. The second-order valence-electron chi connectivity index (χ2n) is 5.95. The molecule has 2 N–H and O–H groups in total. The molecule has 0 bridgehead atoms. The summed E-state index contributed by atoms with van der Waals surface area (Å²) in [5, 5.41) is 8.40. The van der Waals surface area contributed by atoms with Crippen LogP contribution in [0.3, 0.4) is 0 Å². The second-order valence-corrected chi connectivity index (χ2v) is 5.95. The van der Waals surface area contributed by atoms with Crippen molar-refractivity contribution in [2.45, 2.75) is 13.8 Å². The van der Waals surface area contributed by atoms with Gasteiger partial charge >= 0.3 is 0 Å². The minimum atomic E-state index is -0.296. The first kappa shape index (κ1) is 18.9. The molecule has 0 unspecified atom stereocenters. The molecule has 0 saturated carbocycles. The van der Waals surface area contributed by atoms with Crippen molar-refractivity contribution >= 4 is 23.0 Å². The Balaban J connectivity index is 1.60. The van der Waals surface area contributed by atoms with E-state index in [0.29, 0.717) is 17.0 Å². The van der Waals surface area contributed by atoms with Crippen LogP contribution in [0.15, 0.2) is 83.3 Å². The van der Waals surface area contributed by atoms with Crippen LogP contribution in [0.4, 0.5) is 5.69 Å². The number of carbonyl (C=O) groups is 1.